The molecule has 1 aromatic carbocycles. The fourth-order valence-electron chi connectivity index (χ4n) is 1.29. The molecule has 0 saturated carbocycles. The zero-order valence-corrected chi connectivity index (χ0v) is 9.16. The Bertz CT molecular complexity index is 669. The molecule has 0 spiro atoms. The Morgan fingerprint density at radius 2 is 2.00 bits per heavy atom. The summed E-state index contributed by atoms with van der Waals surface area (Å²) in [4.78, 5) is 0. The van der Waals surface area contributed by atoms with Gasteiger partial charge < -0.3 is 10.5 Å². The third-order valence-corrected chi connectivity index (χ3v) is 2.15. The molecule has 0 saturated heterocycles. The summed E-state index contributed by atoms with van der Waals surface area (Å²) >= 11 is 0. The average Bonchev–Trinajstić information content (AvgIpc) is 2.41. The minimum Gasteiger partial charge on any atom is -0.434 e. The minimum atomic E-state index is 0.0800. The lowest BCUT2D eigenvalue weighted by Crippen LogP contribution is -1.97. The third-order valence-electron chi connectivity index (χ3n) is 2.15. The molecule has 1 heterocycles. The predicted molar refractivity (Wildman–Crippen MR) is 62.4 cm³/mol. The Balaban J connectivity index is 2.36. The summed E-state index contributed by atoms with van der Waals surface area (Å²) in [6.45, 7) is 0. The molecule has 86 valence electrons. The molecule has 0 aliphatic rings. The maximum atomic E-state index is 8.88. The maximum Gasteiger partial charge on any atom is 0.257 e. The average molecular weight is 237 g/mol. The summed E-state index contributed by atoms with van der Waals surface area (Å²) in [5.41, 5.74) is 6.71. The molecule has 0 unspecified atom stereocenters. The van der Waals surface area contributed by atoms with Crippen LogP contribution in [-0.2, 0) is 0 Å². The van der Waals surface area contributed by atoms with Crippen LogP contribution in [0.4, 0.5) is 5.69 Å². The van der Waals surface area contributed by atoms with E-state index in [0.717, 1.165) is 0 Å². The molecule has 0 bridgehead atoms. The van der Waals surface area contributed by atoms with E-state index in [-0.39, 0.29) is 11.4 Å². The second-order valence-electron chi connectivity index (χ2n) is 3.33. The van der Waals surface area contributed by atoms with Gasteiger partial charge in [0.2, 0.25) is 0 Å². The van der Waals surface area contributed by atoms with Gasteiger partial charge in [0.25, 0.3) is 5.88 Å². The molecule has 6 heteroatoms. The number of nitrogen functional groups attached to an aromatic ring is 1. The molecular weight excluding hydrogens is 230 g/mol. The van der Waals surface area contributed by atoms with Crippen LogP contribution >= 0.6 is 0 Å². The van der Waals surface area contributed by atoms with Crippen molar-refractivity contribution in [3.63, 3.8) is 0 Å². The normalized spacial score (nSPS) is 9.22. The molecule has 6 nitrogen and oxygen atoms in total. The van der Waals surface area contributed by atoms with Gasteiger partial charge in [-0.05, 0) is 24.3 Å². The lowest BCUT2D eigenvalue weighted by atomic mass is 10.2. The first kappa shape index (κ1) is 11.4. The number of ether oxygens (including phenoxy) is 1. The number of nitriles is 2. The first-order chi connectivity index (χ1) is 8.74. The van der Waals surface area contributed by atoms with Crippen LogP contribution in [-0.4, -0.2) is 10.2 Å². The number of nitrogens with two attached hydrogens (primary N) is 1. The molecule has 0 amide bonds. The largest absolute Gasteiger partial charge is 0.434 e. The van der Waals surface area contributed by atoms with Crippen molar-refractivity contribution in [1.29, 1.82) is 10.5 Å². The van der Waals surface area contributed by atoms with Gasteiger partial charge in [-0.15, -0.1) is 5.10 Å². The predicted octanol–water partition coefficient (Wildman–Crippen LogP) is 1.59. The van der Waals surface area contributed by atoms with Crippen LogP contribution in [0.5, 0.6) is 11.6 Å². The van der Waals surface area contributed by atoms with Gasteiger partial charge in [-0.2, -0.15) is 15.6 Å². The summed E-state index contributed by atoms with van der Waals surface area (Å²) in [5.74, 6) is 0.405. The van der Waals surface area contributed by atoms with E-state index in [2.05, 4.69) is 10.2 Å². The van der Waals surface area contributed by atoms with Gasteiger partial charge in [0.05, 0.1) is 23.5 Å². The first-order valence-electron chi connectivity index (χ1n) is 4.94. The van der Waals surface area contributed by atoms with Gasteiger partial charge in [0.15, 0.2) is 5.75 Å². The zero-order chi connectivity index (χ0) is 13.0. The van der Waals surface area contributed by atoms with E-state index in [1.54, 1.807) is 12.1 Å². The van der Waals surface area contributed by atoms with E-state index in [9.17, 15) is 0 Å². The fourth-order valence-corrected chi connectivity index (χ4v) is 1.29. The summed E-state index contributed by atoms with van der Waals surface area (Å²) in [6.07, 6.45) is 1.40. The Hall–Kier alpha value is -3.12. The van der Waals surface area contributed by atoms with Crippen LogP contribution in [0.3, 0.4) is 0 Å². The molecule has 0 aliphatic heterocycles. The molecule has 0 atom stereocenters. The van der Waals surface area contributed by atoms with E-state index in [1.165, 1.54) is 18.3 Å². The standard InChI is InChI=1S/C12H7N5O/c13-6-8-1-2-11(10(15)5-8)18-12-9(7-14)3-4-16-17-12/h1-5H,15H2. The highest BCUT2D eigenvalue weighted by atomic mass is 16.5. The summed E-state index contributed by atoms with van der Waals surface area (Å²) in [7, 11) is 0. The Morgan fingerprint density at radius 1 is 1.17 bits per heavy atom. The molecule has 2 rings (SSSR count). The molecule has 0 aliphatic carbocycles. The van der Waals surface area contributed by atoms with Gasteiger partial charge in [-0.1, -0.05) is 0 Å². The number of rotatable bonds is 2. The SMILES string of the molecule is N#Cc1ccc(Oc2nnccc2C#N)c(N)c1. The van der Waals surface area contributed by atoms with Gasteiger partial charge in [0, 0.05) is 0 Å². The second-order valence-corrected chi connectivity index (χ2v) is 3.33. The van der Waals surface area contributed by atoms with Crippen LogP contribution in [0.15, 0.2) is 30.5 Å². The molecule has 2 N–H and O–H groups in total. The van der Waals surface area contributed by atoms with E-state index in [4.69, 9.17) is 21.0 Å². The van der Waals surface area contributed by atoms with E-state index in [0.29, 0.717) is 17.0 Å². The zero-order valence-electron chi connectivity index (χ0n) is 9.16. The van der Waals surface area contributed by atoms with Crippen LogP contribution in [0, 0.1) is 22.7 Å². The van der Waals surface area contributed by atoms with Crippen molar-refractivity contribution < 1.29 is 4.74 Å². The molecular formula is C12H7N5O. The van der Waals surface area contributed by atoms with Gasteiger partial charge in [-0.3, -0.25) is 0 Å². The monoisotopic (exact) mass is 237 g/mol. The van der Waals surface area contributed by atoms with Crippen LogP contribution < -0.4 is 10.5 Å². The number of benzene rings is 1. The number of nitrogens with zero attached hydrogens (tertiary/aromatic N) is 4. The minimum absolute atomic E-state index is 0.0800. The van der Waals surface area contributed by atoms with E-state index in [1.807, 2.05) is 12.1 Å². The number of anilines is 1. The van der Waals surface area contributed by atoms with Crippen molar-refractivity contribution in [1.82, 2.24) is 10.2 Å². The van der Waals surface area contributed by atoms with Crippen LogP contribution in [0.25, 0.3) is 0 Å². The lowest BCUT2D eigenvalue weighted by Gasteiger charge is -2.07. The van der Waals surface area contributed by atoms with Crippen molar-refractivity contribution >= 4 is 5.69 Å². The molecule has 2 aromatic rings. The summed E-state index contributed by atoms with van der Waals surface area (Å²) in [5, 5.41) is 24.9. The Labute approximate surface area is 103 Å². The van der Waals surface area contributed by atoms with Crippen LogP contribution in [0.2, 0.25) is 0 Å². The Kier molecular flexibility index (Phi) is 3.04. The maximum absolute atomic E-state index is 8.88. The van der Waals surface area contributed by atoms with E-state index < -0.39 is 0 Å². The molecule has 0 fully saturated rings. The van der Waals surface area contributed by atoms with Crippen molar-refractivity contribution in [2.45, 2.75) is 0 Å². The number of hydrogen-bond acceptors (Lipinski definition) is 6. The van der Waals surface area contributed by atoms with Crippen molar-refractivity contribution in [3.05, 3.63) is 41.6 Å². The van der Waals surface area contributed by atoms with Crippen LogP contribution in [0.1, 0.15) is 11.1 Å². The molecule has 0 radical (unpaired) electrons. The second kappa shape index (κ2) is 4.81. The fraction of sp³-hybridized carbons (Fsp3) is 0. The number of aromatic nitrogens is 2. The van der Waals surface area contributed by atoms with Gasteiger partial charge in [0.1, 0.15) is 11.6 Å². The van der Waals surface area contributed by atoms with Crippen molar-refractivity contribution in [3.8, 4) is 23.8 Å². The quantitative estimate of drug-likeness (QED) is 0.794. The topological polar surface area (TPSA) is 109 Å². The summed E-state index contributed by atoms with van der Waals surface area (Å²) in [6, 6.07) is 9.98. The van der Waals surface area contributed by atoms with Gasteiger partial charge in [-0.25, -0.2) is 0 Å². The van der Waals surface area contributed by atoms with Crippen molar-refractivity contribution in [2.75, 3.05) is 5.73 Å². The third kappa shape index (κ3) is 2.18. The molecule has 1 aromatic heterocycles. The van der Waals surface area contributed by atoms with Crippen molar-refractivity contribution in [2.24, 2.45) is 0 Å². The highest BCUT2D eigenvalue weighted by molar-refractivity contribution is 5.58. The smallest absolute Gasteiger partial charge is 0.257 e. The van der Waals surface area contributed by atoms with E-state index >= 15 is 0 Å². The lowest BCUT2D eigenvalue weighted by molar-refractivity contribution is 0.455. The number of hydrogen-bond donors (Lipinski definition) is 1. The van der Waals surface area contributed by atoms with Gasteiger partial charge >= 0.3 is 0 Å². The first-order valence-corrected chi connectivity index (χ1v) is 4.94. The Morgan fingerprint density at radius 3 is 2.67 bits per heavy atom. The highest BCUT2D eigenvalue weighted by Crippen LogP contribution is 2.28. The summed E-state index contributed by atoms with van der Waals surface area (Å²) < 4.78 is 5.40. The highest BCUT2D eigenvalue weighted by Gasteiger charge is 2.09. The molecule has 18 heavy (non-hydrogen) atoms.